The highest BCUT2D eigenvalue weighted by Gasteiger charge is 2.06. The minimum atomic E-state index is -3.16. The van der Waals surface area contributed by atoms with Crippen molar-refractivity contribution in [3.05, 3.63) is 12.7 Å². The van der Waals surface area contributed by atoms with Crippen LogP contribution in [0, 0.1) is 0 Å². The summed E-state index contributed by atoms with van der Waals surface area (Å²) in [6.07, 6.45) is 1.50. The van der Waals surface area contributed by atoms with E-state index >= 15 is 0 Å². The van der Waals surface area contributed by atoms with Crippen molar-refractivity contribution in [3.8, 4) is 0 Å². The molecule has 0 aromatic heterocycles. The van der Waals surface area contributed by atoms with Gasteiger partial charge in [0.05, 0.1) is 12.4 Å². The Morgan fingerprint density at radius 2 is 2.25 bits per heavy atom. The molecule has 0 aromatic carbocycles. The molecule has 0 aromatic rings. The average molecular weight is 193 g/mol. The van der Waals surface area contributed by atoms with E-state index in [0.29, 0.717) is 6.61 Å². The molecular weight excluding hydrogens is 178 g/mol. The molecule has 0 aliphatic heterocycles. The molecule has 0 aliphatic rings. The fraction of sp³-hybridized carbons (Fsp3) is 0.714. The first-order chi connectivity index (χ1) is 5.62. The molecule has 0 unspecified atom stereocenters. The molecule has 12 heavy (non-hydrogen) atoms. The smallest absolute Gasteiger partial charge is 0.214 e. The van der Waals surface area contributed by atoms with E-state index in [1.165, 1.54) is 6.08 Å². The minimum absolute atomic E-state index is 0.00861. The van der Waals surface area contributed by atoms with Gasteiger partial charge in [-0.1, -0.05) is 6.08 Å². The molecule has 0 saturated carbocycles. The van der Waals surface area contributed by atoms with E-state index in [1.54, 1.807) is 0 Å². The lowest BCUT2D eigenvalue weighted by atomic mass is 10.7. The number of hydrogen-bond acceptors (Lipinski definition) is 3. The number of nitrogens with one attached hydrogen (secondary N) is 1. The van der Waals surface area contributed by atoms with Crippen molar-refractivity contribution in [3.63, 3.8) is 0 Å². The maximum absolute atomic E-state index is 11.0. The second-order valence-corrected chi connectivity index (χ2v) is 4.08. The van der Waals surface area contributed by atoms with Crippen molar-refractivity contribution in [2.75, 3.05) is 25.5 Å². The van der Waals surface area contributed by atoms with Crippen LogP contribution in [0.1, 0.15) is 6.92 Å². The van der Waals surface area contributed by atoms with Gasteiger partial charge in [-0.3, -0.25) is 0 Å². The predicted molar refractivity (Wildman–Crippen MR) is 48.5 cm³/mol. The summed E-state index contributed by atoms with van der Waals surface area (Å²) in [5, 5.41) is 0. The third-order valence-corrected chi connectivity index (χ3v) is 2.46. The molecule has 0 amide bonds. The lowest BCUT2D eigenvalue weighted by Gasteiger charge is -2.03. The molecule has 72 valence electrons. The number of ether oxygens (including phenoxy) is 1. The number of rotatable bonds is 7. The van der Waals surface area contributed by atoms with E-state index in [-0.39, 0.29) is 18.9 Å². The fourth-order valence-corrected chi connectivity index (χ4v) is 1.42. The van der Waals surface area contributed by atoms with E-state index in [9.17, 15) is 8.42 Å². The van der Waals surface area contributed by atoms with Gasteiger partial charge in [0.25, 0.3) is 0 Å². The molecule has 0 spiro atoms. The molecule has 4 nitrogen and oxygen atoms in total. The van der Waals surface area contributed by atoms with E-state index in [2.05, 4.69) is 11.3 Å². The first-order valence-electron chi connectivity index (χ1n) is 3.78. The monoisotopic (exact) mass is 193 g/mol. The van der Waals surface area contributed by atoms with Crippen LogP contribution in [0.4, 0.5) is 0 Å². The first-order valence-corrected chi connectivity index (χ1v) is 5.43. The van der Waals surface area contributed by atoms with Gasteiger partial charge in [-0.25, -0.2) is 13.1 Å². The van der Waals surface area contributed by atoms with Gasteiger partial charge in [0.1, 0.15) is 0 Å². The standard InChI is InChI=1S/C7H15NO3S/c1-3-5-8-12(9,10)7-6-11-4-2/h3,8H,1,4-7H2,2H3. The van der Waals surface area contributed by atoms with Gasteiger partial charge in [0, 0.05) is 13.2 Å². The Balaban J connectivity index is 3.64. The normalized spacial score (nSPS) is 11.4. The summed E-state index contributed by atoms with van der Waals surface area (Å²) in [6, 6.07) is 0. The topological polar surface area (TPSA) is 55.4 Å². The Labute approximate surface area is 73.7 Å². The van der Waals surface area contributed by atoms with Crippen molar-refractivity contribution in [2.24, 2.45) is 0 Å². The van der Waals surface area contributed by atoms with Gasteiger partial charge >= 0.3 is 0 Å². The molecule has 0 radical (unpaired) electrons. The van der Waals surface area contributed by atoms with Crippen molar-refractivity contribution >= 4 is 10.0 Å². The summed E-state index contributed by atoms with van der Waals surface area (Å²) in [5.41, 5.74) is 0. The summed E-state index contributed by atoms with van der Waals surface area (Å²) in [7, 11) is -3.16. The lowest BCUT2D eigenvalue weighted by molar-refractivity contribution is 0.163. The summed E-state index contributed by atoms with van der Waals surface area (Å²) in [4.78, 5) is 0. The van der Waals surface area contributed by atoms with Crippen LogP contribution in [0.5, 0.6) is 0 Å². The Morgan fingerprint density at radius 1 is 1.58 bits per heavy atom. The second-order valence-electron chi connectivity index (χ2n) is 2.15. The predicted octanol–water partition coefficient (Wildman–Crippen LogP) is 0.128. The maximum atomic E-state index is 11.0. The highest BCUT2D eigenvalue weighted by Crippen LogP contribution is 1.84. The molecule has 0 fully saturated rings. The van der Waals surface area contributed by atoms with Crippen LogP contribution in [0.2, 0.25) is 0 Å². The van der Waals surface area contributed by atoms with Crippen LogP contribution in [0.15, 0.2) is 12.7 Å². The molecule has 0 saturated heterocycles. The van der Waals surface area contributed by atoms with Gasteiger partial charge in [0.2, 0.25) is 10.0 Å². The van der Waals surface area contributed by atoms with Crippen molar-refractivity contribution in [1.29, 1.82) is 0 Å². The van der Waals surface area contributed by atoms with Gasteiger partial charge < -0.3 is 4.74 Å². The summed E-state index contributed by atoms with van der Waals surface area (Å²) in [6.45, 7) is 6.28. The third kappa shape index (κ3) is 6.33. The van der Waals surface area contributed by atoms with Crippen LogP contribution in [-0.2, 0) is 14.8 Å². The van der Waals surface area contributed by atoms with E-state index in [1.807, 2.05) is 6.92 Å². The fourth-order valence-electron chi connectivity index (χ4n) is 0.571. The molecule has 0 atom stereocenters. The Morgan fingerprint density at radius 3 is 2.75 bits per heavy atom. The molecule has 0 aliphatic carbocycles. The molecular formula is C7H15NO3S. The number of hydrogen-bond donors (Lipinski definition) is 1. The zero-order valence-electron chi connectivity index (χ0n) is 7.25. The third-order valence-electron chi connectivity index (χ3n) is 1.15. The minimum Gasteiger partial charge on any atom is -0.381 e. The van der Waals surface area contributed by atoms with E-state index in [4.69, 9.17) is 4.74 Å². The molecule has 5 heteroatoms. The van der Waals surface area contributed by atoms with Crippen molar-refractivity contribution in [2.45, 2.75) is 6.92 Å². The number of sulfonamides is 1. The highest BCUT2D eigenvalue weighted by atomic mass is 32.2. The lowest BCUT2D eigenvalue weighted by Crippen LogP contribution is -2.28. The van der Waals surface area contributed by atoms with Gasteiger partial charge in [-0.05, 0) is 6.92 Å². The summed E-state index contributed by atoms with van der Waals surface area (Å²) in [5.74, 6) is 0.00861. The summed E-state index contributed by atoms with van der Waals surface area (Å²) >= 11 is 0. The Kier molecular flexibility index (Phi) is 5.96. The van der Waals surface area contributed by atoms with Crippen LogP contribution in [0.25, 0.3) is 0 Å². The molecule has 0 heterocycles. The van der Waals surface area contributed by atoms with Gasteiger partial charge in [0.15, 0.2) is 0 Å². The zero-order valence-corrected chi connectivity index (χ0v) is 8.06. The average Bonchev–Trinajstić information content (AvgIpc) is 2.01. The van der Waals surface area contributed by atoms with Crippen molar-refractivity contribution < 1.29 is 13.2 Å². The first kappa shape index (κ1) is 11.6. The Hall–Kier alpha value is -0.390. The second kappa shape index (κ2) is 6.16. The van der Waals surface area contributed by atoms with Crippen LogP contribution in [-0.4, -0.2) is 33.9 Å². The van der Waals surface area contributed by atoms with Crippen molar-refractivity contribution in [1.82, 2.24) is 4.72 Å². The molecule has 1 N–H and O–H groups in total. The largest absolute Gasteiger partial charge is 0.381 e. The van der Waals surface area contributed by atoms with Crippen LogP contribution < -0.4 is 4.72 Å². The maximum Gasteiger partial charge on any atom is 0.214 e. The van der Waals surface area contributed by atoms with E-state index < -0.39 is 10.0 Å². The van der Waals surface area contributed by atoms with E-state index in [0.717, 1.165) is 0 Å². The quantitative estimate of drug-likeness (QED) is 0.462. The van der Waals surface area contributed by atoms with Gasteiger partial charge in [-0.15, -0.1) is 6.58 Å². The summed E-state index contributed by atoms with van der Waals surface area (Å²) < 4.78 is 29.3. The Bertz CT molecular complexity index is 211. The van der Waals surface area contributed by atoms with Gasteiger partial charge in [-0.2, -0.15) is 0 Å². The SMILES string of the molecule is C=CCNS(=O)(=O)CCOCC. The molecule has 0 rings (SSSR count). The highest BCUT2D eigenvalue weighted by molar-refractivity contribution is 7.89. The van der Waals surface area contributed by atoms with Crippen LogP contribution in [0.3, 0.4) is 0 Å². The zero-order chi connectivity index (χ0) is 9.45. The van der Waals surface area contributed by atoms with Crippen LogP contribution >= 0.6 is 0 Å². The molecule has 0 bridgehead atoms.